The Kier molecular flexibility index (Phi) is 4.87. The van der Waals surface area contributed by atoms with Crippen molar-refractivity contribution < 1.29 is 18.3 Å². The second kappa shape index (κ2) is 6.83. The molecule has 2 aromatic rings. The summed E-state index contributed by atoms with van der Waals surface area (Å²) in [5.74, 6) is -1.44. The fourth-order valence-corrected chi connectivity index (χ4v) is 1.79. The Morgan fingerprint density at radius 2 is 1.90 bits per heavy atom. The number of ether oxygens (including phenoxy) is 1. The highest BCUT2D eigenvalue weighted by Crippen LogP contribution is 2.17. The van der Waals surface area contributed by atoms with Crippen LogP contribution in [0.2, 0.25) is 0 Å². The summed E-state index contributed by atoms with van der Waals surface area (Å²) in [5, 5.41) is 2.40. The molecule has 5 heteroatoms. The third-order valence-corrected chi connectivity index (χ3v) is 2.87. The van der Waals surface area contributed by atoms with E-state index in [4.69, 9.17) is 4.74 Å². The van der Waals surface area contributed by atoms with Crippen molar-refractivity contribution in [2.45, 2.75) is 19.4 Å². The van der Waals surface area contributed by atoms with E-state index in [0.717, 1.165) is 6.07 Å². The van der Waals surface area contributed by atoms with Gasteiger partial charge in [0, 0.05) is 6.07 Å². The van der Waals surface area contributed by atoms with E-state index in [0.29, 0.717) is 18.2 Å². The molecule has 1 atom stereocenters. The van der Waals surface area contributed by atoms with E-state index in [-0.39, 0.29) is 5.69 Å². The van der Waals surface area contributed by atoms with Crippen molar-refractivity contribution in [1.29, 1.82) is 0 Å². The van der Waals surface area contributed by atoms with Gasteiger partial charge in [-0.25, -0.2) is 8.78 Å². The summed E-state index contributed by atoms with van der Waals surface area (Å²) in [6, 6.07) is 11.9. The first-order chi connectivity index (χ1) is 10.1. The zero-order chi connectivity index (χ0) is 15.2. The minimum absolute atomic E-state index is 0.0727. The van der Waals surface area contributed by atoms with E-state index in [1.807, 2.05) is 6.07 Å². The molecule has 0 bridgehead atoms. The predicted octanol–water partition coefficient (Wildman–Crippen LogP) is 3.76. The summed E-state index contributed by atoms with van der Waals surface area (Å²) in [6.45, 7) is 1.79. The standard InChI is InChI=1S/C16H15F2NO2/c1-2-15(21-12-6-4-3-5-7-12)16(20)19-14-9-8-11(17)10-13(14)18/h3-10,15H,2H2,1H3,(H,19,20). The lowest BCUT2D eigenvalue weighted by Crippen LogP contribution is -2.32. The maximum Gasteiger partial charge on any atom is 0.265 e. The molecule has 0 aliphatic heterocycles. The molecule has 0 aliphatic carbocycles. The van der Waals surface area contributed by atoms with Crippen LogP contribution in [0.1, 0.15) is 13.3 Å². The number of rotatable bonds is 5. The first-order valence-corrected chi connectivity index (χ1v) is 6.57. The number of hydrogen-bond acceptors (Lipinski definition) is 2. The molecule has 0 saturated carbocycles. The zero-order valence-electron chi connectivity index (χ0n) is 11.5. The summed E-state index contributed by atoms with van der Waals surface area (Å²) in [4.78, 5) is 12.1. The van der Waals surface area contributed by atoms with Gasteiger partial charge in [-0.05, 0) is 30.7 Å². The number of nitrogens with one attached hydrogen (secondary N) is 1. The van der Waals surface area contributed by atoms with Crippen molar-refractivity contribution in [2.75, 3.05) is 5.32 Å². The van der Waals surface area contributed by atoms with E-state index in [2.05, 4.69) is 5.32 Å². The Hall–Kier alpha value is -2.43. The lowest BCUT2D eigenvalue weighted by Gasteiger charge is -2.17. The largest absolute Gasteiger partial charge is 0.481 e. The smallest absolute Gasteiger partial charge is 0.265 e. The number of carbonyl (C=O) groups excluding carboxylic acids is 1. The number of halogens is 2. The van der Waals surface area contributed by atoms with Crippen LogP contribution in [-0.4, -0.2) is 12.0 Å². The molecule has 2 rings (SSSR count). The molecule has 0 aromatic heterocycles. The summed E-state index contributed by atoms with van der Waals surface area (Å²) < 4.78 is 31.9. The van der Waals surface area contributed by atoms with Gasteiger partial charge in [-0.15, -0.1) is 0 Å². The van der Waals surface area contributed by atoms with Gasteiger partial charge in [0.25, 0.3) is 5.91 Å². The van der Waals surface area contributed by atoms with Gasteiger partial charge in [0.1, 0.15) is 17.4 Å². The average molecular weight is 291 g/mol. The number of hydrogen-bond donors (Lipinski definition) is 1. The second-order valence-corrected chi connectivity index (χ2v) is 4.44. The van der Waals surface area contributed by atoms with Crippen LogP contribution in [0, 0.1) is 11.6 Å². The SMILES string of the molecule is CCC(Oc1ccccc1)C(=O)Nc1ccc(F)cc1F. The maximum atomic E-state index is 13.5. The molecule has 2 aromatic carbocycles. The summed E-state index contributed by atoms with van der Waals surface area (Å²) in [7, 11) is 0. The van der Waals surface area contributed by atoms with Crippen molar-refractivity contribution in [3.8, 4) is 5.75 Å². The Morgan fingerprint density at radius 1 is 1.19 bits per heavy atom. The molecule has 0 radical (unpaired) electrons. The minimum Gasteiger partial charge on any atom is -0.481 e. The molecule has 110 valence electrons. The Bertz CT molecular complexity index is 617. The number of benzene rings is 2. The minimum atomic E-state index is -0.821. The second-order valence-electron chi connectivity index (χ2n) is 4.44. The molecule has 0 heterocycles. The van der Waals surface area contributed by atoms with Gasteiger partial charge in [0.05, 0.1) is 5.69 Å². The van der Waals surface area contributed by atoms with Crippen molar-refractivity contribution >= 4 is 11.6 Å². The van der Waals surface area contributed by atoms with E-state index in [1.54, 1.807) is 31.2 Å². The Labute approximate surface area is 121 Å². The lowest BCUT2D eigenvalue weighted by atomic mass is 10.2. The van der Waals surface area contributed by atoms with Crippen molar-refractivity contribution in [3.63, 3.8) is 0 Å². The molecule has 3 nitrogen and oxygen atoms in total. The molecule has 0 saturated heterocycles. The monoisotopic (exact) mass is 291 g/mol. The molecular weight excluding hydrogens is 276 g/mol. The summed E-state index contributed by atoms with van der Waals surface area (Å²) in [5.41, 5.74) is -0.0727. The van der Waals surface area contributed by atoms with Crippen LogP contribution >= 0.6 is 0 Å². The highest BCUT2D eigenvalue weighted by atomic mass is 19.1. The van der Waals surface area contributed by atoms with Crippen LogP contribution < -0.4 is 10.1 Å². The van der Waals surface area contributed by atoms with Crippen LogP contribution in [0.3, 0.4) is 0 Å². The summed E-state index contributed by atoms with van der Waals surface area (Å²) in [6.07, 6.45) is -0.333. The van der Waals surface area contributed by atoms with Crippen LogP contribution in [0.15, 0.2) is 48.5 Å². The van der Waals surface area contributed by atoms with Crippen LogP contribution in [0.5, 0.6) is 5.75 Å². The first-order valence-electron chi connectivity index (χ1n) is 6.57. The predicted molar refractivity (Wildman–Crippen MR) is 76.1 cm³/mol. The lowest BCUT2D eigenvalue weighted by molar-refractivity contribution is -0.122. The third-order valence-electron chi connectivity index (χ3n) is 2.87. The van der Waals surface area contributed by atoms with E-state index < -0.39 is 23.6 Å². The molecule has 0 aliphatic rings. The zero-order valence-corrected chi connectivity index (χ0v) is 11.5. The van der Waals surface area contributed by atoms with Gasteiger partial charge in [0.2, 0.25) is 0 Å². The van der Waals surface area contributed by atoms with Gasteiger partial charge in [-0.3, -0.25) is 4.79 Å². The van der Waals surface area contributed by atoms with Crippen molar-refractivity contribution in [3.05, 3.63) is 60.2 Å². The van der Waals surface area contributed by atoms with Crippen LogP contribution in [0.25, 0.3) is 0 Å². The molecule has 21 heavy (non-hydrogen) atoms. The molecular formula is C16H15F2NO2. The molecule has 1 amide bonds. The van der Waals surface area contributed by atoms with E-state index in [9.17, 15) is 13.6 Å². The van der Waals surface area contributed by atoms with Crippen molar-refractivity contribution in [1.82, 2.24) is 0 Å². The quantitative estimate of drug-likeness (QED) is 0.911. The van der Waals surface area contributed by atoms with Crippen LogP contribution in [-0.2, 0) is 4.79 Å². The van der Waals surface area contributed by atoms with Gasteiger partial charge in [0.15, 0.2) is 6.10 Å². The van der Waals surface area contributed by atoms with Crippen molar-refractivity contribution in [2.24, 2.45) is 0 Å². The molecule has 1 unspecified atom stereocenters. The highest BCUT2D eigenvalue weighted by Gasteiger charge is 2.19. The number of anilines is 1. The van der Waals surface area contributed by atoms with Gasteiger partial charge in [-0.2, -0.15) is 0 Å². The molecule has 1 N–H and O–H groups in total. The fourth-order valence-electron chi connectivity index (χ4n) is 1.79. The summed E-state index contributed by atoms with van der Waals surface area (Å²) >= 11 is 0. The first kappa shape index (κ1) is 15.0. The fraction of sp³-hybridized carbons (Fsp3) is 0.188. The average Bonchev–Trinajstić information content (AvgIpc) is 2.48. The maximum absolute atomic E-state index is 13.5. The molecule has 0 spiro atoms. The Morgan fingerprint density at radius 3 is 2.52 bits per heavy atom. The highest BCUT2D eigenvalue weighted by molar-refractivity contribution is 5.94. The Balaban J connectivity index is 2.06. The number of carbonyl (C=O) groups is 1. The van der Waals surface area contributed by atoms with Gasteiger partial charge in [-0.1, -0.05) is 25.1 Å². The third kappa shape index (κ3) is 4.02. The van der Waals surface area contributed by atoms with E-state index in [1.165, 1.54) is 6.07 Å². The van der Waals surface area contributed by atoms with Gasteiger partial charge >= 0.3 is 0 Å². The topological polar surface area (TPSA) is 38.3 Å². The molecule has 0 fully saturated rings. The number of para-hydroxylation sites is 1. The van der Waals surface area contributed by atoms with Crippen LogP contribution in [0.4, 0.5) is 14.5 Å². The van der Waals surface area contributed by atoms with Gasteiger partial charge < -0.3 is 10.1 Å². The normalized spacial score (nSPS) is 11.8. The number of amides is 1. The van der Waals surface area contributed by atoms with E-state index >= 15 is 0 Å².